The van der Waals surface area contributed by atoms with Gasteiger partial charge >= 0.3 is 12.2 Å². The summed E-state index contributed by atoms with van der Waals surface area (Å²) in [6.45, 7) is -1.11. The van der Waals surface area contributed by atoms with Gasteiger partial charge in [-0.25, -0.2) is 4.39 Å². The molecular formula is C35H32ClF4N7O4. The Balaban J connectivity index is 1.04. The summed E-state index contributed by atoms with van der Waals surface area (Å²) in [5.74, 6) is -2.25. The van der Waals surface area contributed by atoms with E-state index in [2.05, 4.69) is 36.2 Å². The van der Waals surface area contributed by atoms with E-state index >= 15 is 0 Å². The molecule has 0 atom stereocenters. The van der Waals surface area contributed by atoms with Crippen LogP contribution in [0.5, 0.6) is 6.01 Å². The molecule has 0 saturated heterocycles. The first kappa shape index (κ1) is 35.5. The number of hydrogen-bond acceptors (Lipinski definition) is 9. The SMILES string of the molecule is O=C(Cc1ccc(F)cc1)C(=O)NCC1(CNC(=O)c2ccc(Nc3nc(NC4(c5ccc(Cl)cc5)CC4)nc(OCC(F)(F)F)n3)cc2)CC1. The first-order valence-electron chi connectivity index (χ1n) is 16.0. The predicted octanol–water partition coefficient (Wildman–Crippen LogP) is 5.89. The number of alkyl halides is 3. The van der Waals surface area contributed by atoms with Crippen LogP contribution in [0.15, 0.2) is 72.8 Å². The third-order valence-corrected chi connectivity index (χ3v) is 8.87. The van der Waals surface area contributed by atoms with Crippen molar-refractivity contribution in [1.29, 1.82) is 0 Å². The molecule has 0 unspecified atom stereocenters. The van der Waals surface area contributed by atoms with Crippen molar-refractivity contribution in [1.82, 2.24) is 25.6 Å². The Labute approximate surface area is 294 Å². The number of halogens is 5. The largest absolute Gasteiger partial charge is 0.454 e. The molecule has 3 aromatic carbocycles. The van der Waals surface area contributed by atoms with Crippen LogP contribution in [0.4, 0.5) is 35.1 Å². The van der Waals surface area contributed by atoms with Crippen LogP contribution in [0.2, 0.25) is 5.02 Å². The number of anilines is 3. The molecule has 0 bridgehead atoms. The number of carbonyl (C=O) groups is 3. The summed E-state index contributed by atoms with van der Waals surface area (Å²) in [5, 5.41) is 12.2. The molecule has 51 heavy (non-hydrogen) atoms. The number of benzene rings is 3. The second-order valence-electron chi connectivity index (χ2n) is 12.7. The van der Waals surface area contributed by atoms with E-state index < -0.39 is 41.8 Å². The zero-order chi connectivity index (χ0) is 36.2. The van der Waals surface area contributed by atoms with Crippen LogP contribution in [0.25, 0.3) is 0 Å². The number of aromatic nitrogens is 3. The number of Topliss-reactive ketones (excluding diaryl/α,β-unsaturated/α-hetero) is 1. The van der Waals surface area contributed by atoms with Crippen LogP contribution in [-0.4, -0.2) is 58.4 Å². The van der Waals surface area contributed by atoms with E-state index in [4.69, 9.17) is 16.3 Å². The third-order valence-electron chi connectivity index (χ3n) is 8.62. The van der Waals surface area contributed by atoms with Crippen molar-refractivity contribution in [2.75, 3.05) is 30.3 Å². The van der Waals surface area contributed by atoms with Gasteiger partial charge in [0.1, 0.15) is 5.82 Å². The quantitative estimate of drug-likeness (QED) is 0.0871. The smallest absolute Gasteiger partial charge is 0.422 e. The number of carbonyl (C=O) groups excluding carboxylic acids is 3. The van der Waals surface area contributed by atoms with E-state index in [9.17, 15) is 31.9 Å². The van der Waals surface area contributed by atoms with E-state index in [-0.39, 0.29) is 42.7 Å². The molecule has 4 aromatic rings. The van der Waals surface area contributed by atoms with Crippen LogP contribution >= 0.6 is 11.6 Å². The molecule has 2 aliphatic carbocycles. The van der Waals surface area contributed by atoms with Crippen molar-refractivity contribution in [3.8, 4) is 6.01 Å². The highest BCUT2D eigenvalue weighted by Gasteiger charge is 2.45. The summed E-state index contributed by atoms with van der Waals surface area (Å²) in [4.78, 5) is 50.0. The maximum Gasteiger partial charge on any atom is 0.422 e. The van der Waals surface area contributed by atoms with Gasteiger partial charge in [0.05, 0.1) is 5.54 Å². The van der Waals surface area contributed by atoms with Gasteiger partial charge in [-0.1, -0.05) is 35.9 Å². The molecule has 11 nitrogen and oxygen atoms in total. The Kier molecular flexibility index (Phi) is 10.1. The average Bonchev–Trinajstić information content (AvgIpc) is 4.04. The molecule has 4 N–H and O–H groups in total. The maximum absolute atomic E-state index is 13.1. The average molecular weight is 726 g/mol. The van der Waals surface area contributed by atoms with Crippen LogP contribution in [0.3, 0.4) is 0 Å². The van der Waals surface area contributed by atoms with E-state index in [0.29, 0.717) is 21.8 Å². The second kappa shape index (κ2) is 14.5. The number of ether oxygens (including phenoxy) is 1. The first-order valence-corrected chi connectivity index (χ1v) is 16.4. The number of nitrogens with zero attached hydrogens (tertiary/aromatic N) is 3. The molecule has 16 heteroatoms. The fraction of sp³-hybridized carbons (Fsp3) is 0.314. The third kappa shape index (κ3) is 9.69. The first-order chi connectivity index (χ1) is 24.3. The summed E-state index contributed by atoms with van der Waals surface area (Å²) < 4.78 is 56.7. The number of amides is 2. The zero-order valence-electron chi connectivity index (χ0n) is 26.9. The number of hydrogen-bond donors (Lipinski definition) is 4. The highest BCUT2D eigenvalue weighted by atomic mass is 35.5. The lowest BCUT2D eigenvalue weighted by Crippen LogP contribution is -2.40. The fourth-order valence-corrected chi connectivity index (χ4v) is 5.43. The minimum atomic E-state index is -4.61. The van der Waals surface area contributed by atoms with E-state index in [1.54, 1.807) is 36.4 Å². The van der Waals surface area contributed by atoms with Gasteiger partial charge in [-0.2, -0.15) is 28.1 Å². The van der Waals surface area contributed by atoms with Crippen molar-refractivity contribution in [2.24, 2.45) is 5.41 Å². The van der Waals surface area contributed by atoms with E-state index in [0.717, 1.165) is 31.2 Å². The topological polar surface area (TPSA) is 147 Å². The maximum atomic E-state index is 13.1. The van der Waals surface area contributed by atoms with Crippen molar-refractivity contribution < 1.29 is 36.7 Å². The normalized spacial score (nSPS) is 15.3. The summed E-state index contributed by atoms with van der Waals surface area (Å²) in [7, 11) is 0. The highest BCUT2D eigenvalue weighted by molar-refractivity contribution is 6.36. The van der Waals surface area contributed by atoms with Crippen LogP contribution in [0.1, 0.15) is 47.2 Å². The van der Waals surface area contributed by atoms with Crippen LogP contribution < -0.4 is 26.0 Å². The summed E-state index contributed by atoms with van der Waals surface area (Å²) >= 11 is 6.03. The monoisotopic (exact) mass is 725 g/mol. The summed E-state index contributed by atoms with van der Waals surface area (Å²) in [6.07, 6.45) is -1.78. The molecule has 266 valence electrons. The molecule has 2 fully saturated rings. The number of ketones is 1. The van der Waals surface area contributed by atoms with Crippen molar-refractivity contribution in [3.63, 3.8) is 0 Å². The molecular weight excluding hydrogens is 694 g/mol. The molecule has 0 aliphatic heterocycles. The van der Waals surface area contributed by atoms with Crippen molar-refractivity contribution in [3.05, 3.63) is 100 Å². The molecule has 0 spiro atoms. The number of nitrogens with one attached hydrogen (secondary N) is 4. The minimum Gasteiger partial charge on any atom is -0.454 e. The van der Waals surface area contributed by atoms with Gasteiger partial charge in [-0.05, 0) is 85.3 Å². The van der Waals surface area contributed by atoms with Crippen molar-refractivity contribution in [2.45, 2.75) is 43.8 Å². The molecule has 2 amide bonds. The summed E-state index contributed by atoms with van der Waals surface area (Å²) in [5.41, 5.74) is 1.33. The standard InChI is InChI=1S/C35H32ClF4N7O4/c36-24-7-5-23(6-8-24)34(15-16-34)47-31-44-30(45-32(46-31)51-20-35(38,39)40)43-26-11-3-22(4-12-26)28(49)41-18-33(13-14-33)19-42-29(50)27(48)17-21-1-9-25(37)10-2-21/h1-12H,13-20H2,(H,41,49)(H,42,50)(H2,43,44,45,46,47). The lowest BCUT2D eigenvalue weighted by molar-refractivity contribution is -0.154. The predicted molar refractivity (Wildman–Crippen MR) is 179 cm³/mol. The molecule has 1 heterocycles. The molecule has 2 aliphatic rings. The van der Waals surface area contributed by atoms with Crippen LogP contribution in [0, 0.1) is 11.2 Å². The Morgan fingerprint density at radius 3 is 2.08 bits per heavy atom. The molecule has 2 saturated carbocycles. The Morgan fingerprint density at radius 2 is 1.45 bits per heavy atom. The van der Waals surface area contributed by atoms with Gasteiger partial charge in [0.15, 0.2) is 6.61 Å². The highest BCUT2D eigenvalue weighted by Crippen LogP contribution is 2.48. The van der Waals surface area contributed by atoms with Gasteiger partial charge in [-0.3, -0.25) is 14.4 Å². The zero-order valence-corrected chi connectivity index (χ0v) is 27.7. The van der Waals surface area contributed by atoms with Crippen molar-refractivity contribution >= 4 is 46.8 Å². The lowest BCUT2D eigenvalue weighted by atomic mass is 10.1. The summed E-state index contributed by atoms with van der Waals surface area (Å²) in [6, 6.07) is 18.3. The Bertz CT molecular complexity index is 1900. The van der Waals surface area contributed by atoms with Gasteiger partial charge < -0.3 is 26.0 Å². The number of rotatable bonds is 15. The second-order valence-corrected chi connectivity index (χ2v) is 13.1. The van der Waals surface area contributed by atoms with Gasteiger partial charge in [0, 0.05) is 41.2 Å². The molecule has 1 aromatic heterocycles. The lowest BCUT2D eigenvalue weighted by Gasteiger charge is -2.19. The fourth-order valence-electron chi connectivity index (χ4n) is 5.30. The van der Waals surface area contributed by atoms with Crippen LogP contribution in [-0.2, 0) is 21.5 Å². The minimum absolute atomic E-state index is 0.00978. The van der Waals surface area contributed by atoms with Gasteiger partial charge in [0.2, 0.25) is 17.7 Å². The van der Waals surface area contributed by atoms with E-state index in [1.807, 2.05) is 12.1 Å². The van der Waals surface area contributed by atoms with Gasteiger partial charge in [-0.15, -0.1) is 0 Å². The van der Waals surface area contributed by atoms with E-state index in [1.165, 1.54) is 24.3 Å². The molecule has 6 rings (SSSR count). The Morgan fingerprint density at radius 1 is 0.804 bits per heavy atom. The van der Waals surface area contributed by atoms with Gasteiger partial charge in [0.25, 0.3) is 11.8 Å². The molecule has 0 radical (unpaired) electrons. The Hall–Kier alpha value is -5.31.